The van der Waals surface area contributed by atoms with Crippen LogP contribution >= 0.6 is 0 Å². The van der Waals surface area contributed by atoms with Gasteiger partial charge in [0.1, 0.15) is 0 Å². The van der Waals surface area contributed by atoms with E-state index in [2.05, 4.69) is 20.0 Å². The molecule has 0 aromatic heterocycles. The Hall–Kier alpha value is -2.28. The molecule has 1 amide bonds. The van der Waals surface area contributed by atoms with E-state index in [0.29, 0.717) is 11.5 Å². The first kappa shape index (κ1) is 13.7. The summed E-state index contributed by atoms with van der Waals surface area (Å²) in [6.07, 6.45) is 4.02. The highest BCUT2D eigenvalue weighted by Gasteiger charge is 2.30. The van der Waals surface area contributed by atoms with Gasteiger partial charge in [-0.2, -0.15) is 5.26 Å². The maximum absolute atomic E-state index is 11.7. The van der Waals surface area contributed by atoms with Crippen molar-refractivity contribution in [1.82, 2.24) is 4.90 Å². The number of likely N-dealkylation sites (tertiary alicyclic amines) is 1. The van der Waals surface area contributed by atoms with Crippen molar-refractivity contribution < 1.29 is 4.79 Å². The first-order valence-electron chi connectivity index (χ1n) is 7.30. The Kier molecular flexibility index (Phi) is 3.21. The Morgan fingerprint density at radius 3 is 2.81 bits per heavy atom. The van der Waals surface area contributed by atoms with Crippen LogP contribution < -0.4 is 5.73 Å². The molecule has 21 heavy (non-hydrogen) atoms. The summed E-state index contributed by atoms with van der Waals surface area (Å²) in [4.78, 5) is 13.5. The number of nitriles is 1. The Labute approximate surface area is 124 Å². The van der Waals surface area contributed by atoms with Crippen LogP contribution in [0.1, 0.15) is 53.2 Å². The lowest BCUT2D eigenvalue weighted by Gasteiger charge is -2.18. The molecule has 1 unspecified atom stereocenters. The van der Waals surface area contributed by atoms with E-state index in [1.54, 1.807) is 4.90 Å². The molecule has 1 atom stereocenters. The quantitative estimate of drug-likeness (QED) is 0.846. The lowest BCUT2D eigenvalue weighted by Crippen LogP contribution is -2.16. The molecule has 4 heteroatoms. The number of fused-ring (bicyclic) bond motifs is 1. The smallest absolute Gasteiger partial charge is 0.249 e. The maximum Gasteiger partial charge on any atom is 0.249 e. The number of hydrogen-bond acceptors (Lipinski definition) is 3. The topological polar surface area (TPSA) is 70.1 Å². The van der Waals surface area contributed by atoms with Crippen LogP contribution in [0.4, 0.5) is 0 Å². The molecular weight excluding hydrogens is 262 g/mol. The lowest BCUT2D eigenvalue weighted by atomic mass is 9.87. The van der Waals surface area contributed by atoms with Gasteiger partial charge in [0.2, 0.25) is 5.91 Å². The molecule has 0 saturated carbocycles. The second-order valence-corrected chi connectivity index (χ2v) is 6.03. The van der Waals surface area contributed by atoms with Crippen LogP contribution in [0.25, 0.3) is 5.57 Å². The van der Waals surface area contributed by atoms with Crippen LogP contribution in [0.15, 0.2) is 17.7 Å². The van der Waals surface area contributed by atoms with E-state index in [9.17, 15) is 4.79 Å². The highest BCUT2D eigenvalue weighted by atomic mass is 16.1. The van der Waals surface area contributed by atoms with Crippen LogP contribution in [0, 0.1) is 11.5 Å². The average Bonchev–Trinajstić information content (AvgIpc) is 3.04. The summed E-state index contributed by atoms with van der Waals surface area (Å²) in [7, 11) is 0. The molecule has 2 N–H and O–H groups in total. The zero-order valence-electron chi connectivity index (χ0n) is 12.4. The third-order valence-electron chi connectivity index (χ3n) is 4.84. The molecule has 3 rings (SSSR count). The fourth-order valence-corrected chi connectivity index (χ4v) is 3.58. The molecule has 108 valence electrons. The van der Waals surface area contributed by atoms with E-state index in [0.717, 1.165) is 31.5 Å². The van der Waals surface area contributed by atoms with E-state index in [1.807, 2.05) is 12.1 Å². The van der Waals surface area contributed by atoms with Gasteiger partial charge in [0.05, 0.1) is 0 Å². The van der Waals surface area contributed by atoms with Crippen molar-refractivity contribution >= 4 is 11.5 Å². The molecule has 0 radical (unpaired) electrons. The van der Waals surface area contributed by atoms with Gasteiger partial charge >= 0.3 is 0 Å². The molecule has 0 bridgehead atoms. The highest BCUT2D eigenvalue weighted by Crippen LogP contribution is 2.41. The number of primary amides is 1. The molecule has 1 heterocycles. The fraction of sp³-hybridized carbons (Fsp3) is 0.412. The van der Waals surface area contributed by atoms with Crippen LogP contribution in [-0.2, 0) is 6.42 Å². The second kappa shape index (κ2) is 4.92. The summed E-state index contributed by atoms with van der Waals surface area (Å²) in [6, 6.07) is 3.89. The van der Waals surface area contributed by atoms with E-state index in [1.165, 1.54) is 22.3 Å². The van der Waals surface area contributed by atoms with Crippen molar-refractivity contribution in [3.8, 4) is 6.19 Å². The number of amides is 1. The van der Waals surface area contributed by atoms with Crippen LogP contribution in [-0.4, -0.2) is 23.9 Å². The summed E-state index contributed by atoms with van der Waals surface area (Å²) >= 11 is 0. The molecule has 1 fully saturated rings. The number of benzene rings is 1. The van der Waals surface area contributed by atoms with Gasteiger partial charge < -0.3 is 10.6 Å². The number of carbonyl (C=O) groups excluding carboxylic acids is 1. The zero-order chi connectivity index (χ0) is 15.1. The van der Waals surface area contributed by atoms with Gasteiger partial charge in [-0.05, 0) is 55.0 Å². The Morgan fingerprint density at radius 1 is 1.43 bits per heavy atom. The van der Waals surface area contributed by atoms with Crippen molar-refractivity contribution in [2.75, 3.05) is 13.1 Å². The van der Waals surface area contributed by atoms with E-state index in [4.69, 9.17) is 11.0 Å². The Balaban J connectivity index is 2.10. The zero-order valence-corrected chi connectivity index (χ0v) is 12.4. The van der Waals surface area contributed by atoms with E-state index < -0.39 is 0 Å². The summed E-state index contributed by atoms with van der Waals surface area (Å²) < 4.78 is 0. The minimum absolute atomic E-state index is 0.356. The lowest BCUT2D eigenvalue weighted by molar-refractivity contribution is 0.0999. The van der Waals surface area contributed by atoms with Crippen molar-refractivity contribution in [1.29, 1.82) is 5.26 Å². The third-order valence-corrected chi connectivity index (χ3v) is 4.84. The minimum atomic E-state index is -0.356. The van der Waals surface area contributed by atoms with Crippen molar-refractivity contribution in [2.24, 2.45) is 5.73 Å². The van der Waals surface area contributed by atoms with E-state index >= 15 is 0 Å². The largest absolute Gasteiger partial charge is 0.366 e. The fourth-order valence-electron chi connectivity index (χ4n) is 3.58. The van der Waals surface area contributed by atoms with Gasteiger partial charge in [-0.25, -0.2) is 0 Å². The van der Waals surface area contributed by atoms with Gasteiger partial charge in [-0.15, -0.1) is 0 Å². The Morgan fingerprint density at radius 2 is 2.19 bits per heavy atom. The number of nitrogens with zero attached hydrogens (tertiary/aromatic N) is 2. The molecule has 1 saturated heterocycles. The molecular formula is C17H19N3O. The molecule has 1 aliphatic heterocycles. The molecule has 1 aliphatic carbocycles. The molecule has 4 nitrogen and oxygen atoms in total. The monoisotopic (exact) mass is 281 g/mol. The first-order valence-corrected chi connectivity index (χ1v) is 7.30. The number of hydrogen-bond donors (Lipinski definition) is 1. The molecule has 1 aromatic rings. The highest BCUT2D eigenvalue weighted by molar-refractivity contribution is 5.97. The van der Waals surface area contributed by atoms with E-state index in [-0.39, 0.29) is 5.91 Å². The SMILES string of the molecule is CC1=C(C)c2c(C3CCN(C#N)C3)ccc(C(N)=O)c2C1. The maximum atomic E-state index is 11.7. The summed E-state index contributed by atoms with van der Waals surface area (Å²) in [5.74, 6) is 0.00606. The summed E-state index contributed by atoms with van der Waals surface area (Å²) in [5, 5.41) is 9.04. The van der Waals surface area contributed by atoms with Gasteiger partial charge in [0.25, 0.3) is 0 Å². The second-order valence-electron chi connectivity index (χ2n) is 6.03. The number of nitrogens with two attached hydrogens (primary N) is 1. The standard InChI is InChI=1S/C17H19N3O/c1-10-7-15-14(17(19)21)4-3-13(16(15)11(10)2)12-5-6-20(8-12)9-18/h3-4,12H,5-8H2,1-2H3,(H2,19,21). The van der Waals surface area contributed by atoms with Crippen molar-refractivity contribution in [3.63, 3.8) is 0 Å². The third kappa shape index (κ3) is 2.09. The van der Waals surface area contributed by atoms with Crippen LogP contribution in [0.5, 0.6) is 0 Å². The van der Waals surface area contributed by atoms with Crippen LogP contribution in [0.3, 0.4) is 0 Å². The van der Waals surface area contributed by atoms with Crippen molar-refractivity contribution in [3.05, 3.63) is 40.0 Å². The first-order chi connectivity index (χ1) is 10.0. The average molecular weight is 281 g/mol. The summed E-state index contributed by atoms with van der Waals surface area (Å²) in [6.45, 7) is 5.81. The minimum Gasteiger partial charge on any atom is -0.366 e. The number of carbonyl (C=O) groups is 1. The van der Waals surface area contributed by atoms with Crippen molar-refractivity contribution in [2.45, 2.75) is 32.6 Å². The molecule has 1 aromatic carbocycles. The molecule has 0 spiro atoms. The van der Waals surface area contributed by atoms with Crippen LogP contribution in [0.2, 0.25) is 0 Å². The Bertz CT molecular complexity index is 697. The van der Waals surface area contributed by atoms with Gasteiger partial charge in [-0.3, -0.25) is 4.79 Å². The van der Waals surface area contributed by atoms with Gasteiger partial charge in [0.15, 0.2) is 6.19 Å². The predicted octanol–water partition coefficient (Wildman–Crippen LogP) is 2.41. The number of rotatable bonds is 2. The normalized spacial score (nSPS) is 20.6. The van der Waals surface area contributed by atoms with Gasteiger partial charge in [-0.1, -0.05) is 11.6 Å². The number of allylic oxidation sites excluding steroid dienone is 2. The molecule has 2 aliphatic rings. The summed E-state index contributed by atoms with van der Waals surface area (Å²) in [5.41, 5.74) is 12.3. The van der Waals surface area contributed by atoms with Gasteiger partial charge in [0, 0.05) is 24.6 Å². The predicted molar refractivity (Wildman–Crippen MR) is 81.5 cm³/mol.